The number of hydrogen-bond donors (Lipinski definition) is 3. The van der Waals surface area contributed by atoms with Crippen molar-refractivity contribution in [2.75, 3.05) is 18.4 Å². The normalized spacial score (nSPS) is 14.8. The van der Waals surface area contributed by atoms with E-state index in [0.29, 0.717) is 12.1 Å². The van der Waals surface area contributed by atoms with Crippen LogP contribution < -0.4 is 15.8 Å². The number of nitrogens with zero attached hydrogens (tertiary/aromatic N) is 2. The summed E-state index contributed by atoms with van der Waals surface area (Å²) in [6, 6.07) is 0.265. The van der Waals surface area contributed by atoms with E-state index in [-0.39, 0.29) is 25.9 Å². The summed E-state index contributed by atoms with van der Waals surface area (Å²) in [5.74, 6) is -9.61. The standard InChI is InChI=1S/C19H19F4N5O5S/c1-27-8-13(34(32,33)26-9-2-4-28(5-3-9)19(31)17(24)29)15(23)16(27)18(30)25-10-6-11(20)14(22)12(21)7-10/h6-9,26H,2-5H2,1H3,(H2,24,29)(H,25,30). The first-order chi connectivity index (χ1) is 15.8. The van der Waals surface area contributed by atoms with Crippen LogP contribution in [0, 0.1) is 23.3 Å². The van der Waals surface area contributed by atoms with Crippen molar-refractivity contribution in [2.45, 2.75) is 23.8 Å². The molecule has 0 aliphatic carbocycles. The average molecular weight is 505 g/mol. The fourth-order valence-corrected chi connectivity index (χ4v) is 4.90. The number of anilines is 1. The van der Waals surface area contributed by atoms with Crippen LogP contribution in [0.2, 0.25) is 0 Å². The first kappa shape index (κ1) is 25.2. The molecule has 1 fully saturated rings. The Morgan fingerprint density at radius 3 is 2.12 bits per heavy atom. The molecule has 0 bridgehead atoms. The zero-order valence-corrected chi connectivity index (χ0v) is 18.4. The largest absolute Gasteiger partial charge is 0.361 e. The number of primary amides is 1. The number of piperidine rings is 1. The zero-order valence-electron chi connectivity index (χ0n) is 17.6. The second-order valence-corrected chi connectivity index (χ2v) is 9.21. The van der Waals surface area contributed by atoms with Crippen LogP contribution in [-0.2, 0) is 26.7 Å². The Kier molecular flexibility index (Phi) is 6.97. The Balaban J connectivity index is 1.76. The molecule has 1 aromatic heterocycles. The highest BCUT2D eigenvalue weighted by Crippen LogP contribution is 2.24. The molecule has 1 aliphatic heterocycles. The Morgan fingerprint density at radius 2 is 1.59 bits per heavy atom. The van der Waals surface area contributed by atoms with Crippen LogP contribution in [0.25, 0.3) is 0 Å². The molecule has 3 amide bonds. The summed E-state index contributed by atoms with van der Waals surface area (Å²) in [4.78, 5) is 35.3. The molecule has 10 nitrogen and oxygen atoms in total. The third kappa shape index (κ3) is 5.04. The number of aromatic nitrogens is 1. The van der Waals surface area contributed by atoms with Gasteiger partial charge in [-0.25, -0.2) is 30.7 Å². The minimum atomic E-state index is -4.46. The van der Waals surface area contributed by atoms with Crippen LogP contribution in [0.1, 0.15) is 23.3 Å². The Labute approximate surface area is 190 Å². The van der Waals surface area contributed by atoms with Crippen molar-refractivity contribution >= 4 is 33.4 Å². The van der Waals surface area contributed by atoms with E-state index < -0.39 is 73.3 Å². The molecule has 3 rings (SSSR count). The number of hydrogen-bond acceptors (Lipinski definition) is 5. The highest BCUT2D eigenvalue weighted by atomic mass is 32.2. The third-order valence-electron chi connectivity index (χ3n) is 5.15. The van der Waals surface area contributed by atoms with E-state index in [9.17, 15) is 40.4 Å². The summed E-state index contributed by atoms with van der Waals surface area (Å²) in [7, 11) is -3.28. The van der Waals surface area contributed by atoms with Gasteiger partial charge in [-0.05, 0) is 12.8 Å². The molecule has 1 saturated heterocycles. The van der Waals surface area contributed by atoms with Crippen LogP contribution in [0.3, 0.4) is 0 Å². The van der Waals surface area contributed by atoms with Crippen LogP contribution in [-0.4, -0.2) is 54.7 Å². The summed E-state index contributed by atoms with van der Waals surface area (Å²) in [6.07, 6.45) is 1.09. The number of nitrogens with two attached hydrogens (primary N) is 1. The molecule has 34 heavy (non-hydrogen) atoms. The van der Waals surface area contributed by atoms with Gasteiger partial charge in [-0.2, -0.15) is 0 Å². The first-order valence-corrected chi connectivity index (χ1v) is 11.2. The molecule has 4 N–H and O–H groups in total. The monoisotopic (exact) mass is 505 g/mol. The van der Waals surface area contributed by atoms with E-state index in [2.05, 4.69) is 4.72 Å². The predicted molar refractivity (Wildman–Crippen MR) is 109 cm³/mol. The van der Waals surface area contributed by atoms with E-state index >= 15 is 0 Å². The number of rotatable bonds is 5. The zero-order chi connectivity index (χ0) is 25.4. The molecule has 15 heteroatoms. The van der Waals surface area contributed by atoms with Gasteiger partial charge in [-0.3, -0.25) is 14.4 Å². The summed E-state index contributed by atoms with van der Waals surface area (Å²) in [6.45, 7) is 0.0926. The van der Waals surface area contributed by atoms with Crippen molar-refractivity contribution in [3.05, 3.63) is 47.3 Å². The van der Waals surface area contributed by atoms with E-state index in [1.54, 1.807) is 0 Å². The maximum atomic E-state index is 15.0. The Bertz CT molecular complexity index is 1250. The summed E-state index contributed by atoms with van der Waals surface area (Å²) < 4.78 is 83.4. The predicted octanol–water partition coefficient (Wildman–Crippen LogP) is 0.588. The number of likely N-dealkylation sites (tertiary alicyclic amines) is 1. The van der Waals surface area contributed by atoms with Gasteiger partial charge in [0.2, 0.25) is 10.0 Å². The smallest absolute Gasteiger partial charge is 0.311 e. The van der Waals surface area contributed by atoms with Gasteiger partial charge < -0.3 is 20.5 Å². The van der Waals surface area contributed by atoms with Crippen molar-refractivity contribution in [3.63, 3.8) is 0 Å². The molecular formula is C19H19F4N5O5S. The highest BCUT2D eigenvalue weighted by molar-refractivity contribution is 7.89. The molecule has 184 valence electrons. The Morgan fingerprint density at radius 1 is 1.03 bits per heavy atom. The minimum absolute atomic E-state index is 0.0463. The second-order valence-electron chi connectivity index (χ2n) is 7.53. The maximum Gasteiger partial charge on any atom is 0.311 e. The van der Waals surface area contributed by atoms with Crippen LogP contribution in [0.15, 0.2) is 23.2 Å². The quantitative estimate of drug-likeness (QED) is 0.310. The van der Waals surface area contributed by atoms with Crippen LogP contribution in [0.4, 0.5) is 23.2 Å². The Hall–Kier alpha value is -3.46. The molecule has 2 heterocycles. The second kappa shape index (κ2) is 9.42. The van der Waals surface area contributed by atoms with Gasteiger partial charge in [-0.1, -0.05) is 0 Å². The van der Waals surface area contributed by atoms with E-state index in [4.69, 9.17) is 5.73 Å². The molecule has 1 aromatic carbocycles. The number of carbonyl (C=O) groups is 3. The number of halogens is 4. The van der Waals surface area contributed by atoms with Crippen LogP contribution >= 0.6 is 0 Å². The lowest BCUT2D eigenvalue weighted by Crippen LogP contribution is -2.49. The summed E-state index contributed by atoms with van der Waals surface area (Å²) in [5, 5.41) is 1.98. The fraction of sp³-hybridized carbons (Fsp3) is 0.316. The molecule has 0 radical (unpaired) electrons. The van der Waals surface area contributed by atoms with Crippen molar-refractivity contribution in [1.29, 1.82) is 0 Å². The minimum Gasteiger partial charge on any atom is -0.361 e. The van der Waals surface area contributed by atoms with Gasteiger partial charge in [0.05, 0.1) is 0 Å². The van der Waals surface area contributed by atoms with E-state index in [0.717, 1.165) is 10.8 Å². The number of amides is 3. The fourth-order valence-electron chi connectivity index (χ4n) is 3.47. The number of aryl methyl sites for hydroxylation is 1. The number of carbonyl (C=O) groups excluding carboxylic acids is 3. The van der Waals surface area contributed by atoms with Crippen LogP contribution in [0.5, 0.6) is 0 Å². The third-order valence-corrected chi connectivity index (χ3v) is 6.66. The van der Waals surface area contributed by atoms with Crippen molar-refractivity contribution in [2.24, 2.45) is 12.8 Å². The highest BCUT2D eigenvalue weighted by Gasteiger charge is 2.32. The molecule has 2 aromatic rings. The number of benzene rings is 1. The first-order valence-electron chi connectivity index (χ1n) is 9.73. The van der Waals surface area contributed by atoms with Crippen molar-refractivity contribution in [3.8, 4) is 0 Å². The van der Waals surface area contributed by atoms with Crippen molar-refractivity contribution < 1.29 is 40.4 Å². The molecule has 0 spiro atoms. The maximum absolute atomic E-state index is 15.0. The number of nitrogens with one attached hydrogen (secondary N) is 2. The van der Waals surface area contributed by atoms with Gasteiger partial charge in [-0.15, -0.1) is 0 Å². The lowest BCUT2D eigenvalue weighted by molar-refractivity contribution is -0.144. The lowest BCUT2D eigenvalue weighted by atomic mass is 10.1. The summed E-state index contributed by atoms with van der Waals surface area (Å²) in [5.41, 5.74) is 3.67. The van der Waals surface area contributed by atoms with Gasteiger partial charge in [0.1, 0.15) is 10.6 Å². The van der Waals surface area contributed by atoms with E-state index in [1.165, 1.54) is 11.9 Å². The number of sulfonamides is 1. The molecular weight excluding hydrogens is 486 g/mol. The average Bonchev–Trinajstić information content (AvgIpc) is 3.06. The molecule has 1 aliphatic rings. The molecule has 0 unspecified atom stereocenters. The lowest BCUT2D eigenvalue weighted by Gasteiger charge is -2.31. The van der Waals surface area contributed by atoms with Gasteiger partial charge >= 0.3 is 11.8 Å². The molecule has 0 saturated carbocycles. The van der Waals surface area contributed by atoms with E-state index in [1.807, 2.05) is 5.32 Å². The summed E-state index contributed by atoms with van der Waals surface area (Å²) >= 11 is 0. The van der Waals surface area contributed by atoms with Gasteiger partial charge in [0, 0.05) is 50.2 Å². The molecule has 0 atom stereocenters. The van der Waals surface area contributed by atoms with Gasteiger partial charge in [0.15, 0.2) is 23.3 Å². The topological polar surface area (TPSA) is 144 Å². The van der Waals surface area contributed by atoms with Crippen molar-refractivity contribution in [1.82, 2.24) is 14.2 Å². The SMILES string of the molecule is Cn1cc(S(=O)(=O)NC2CCN(C(=O)C(N)=O)CC2)c(F)c1C(=O)Nc1cc(F)c(F)c(F)c1. The van der Waals surface area contributed by atoms with Gasteiger partial charge in [0.25, 0.3) is 5.91 Å².